The summed E-state index contributed by atoms with van der Waals surface area (Å²) < 4.78 is 14.6. The zero-order valence-electron chi connectivity index (χ0n) is 11.4. The highest BCUT2D eigenvalue weighted by Gasteiger charge is 2.36. The van der Waals surface area contributed by atoms with Crippen LogP contribution in [0.1, 0.15) is 30.9 Å². The minimum absolute atomic E-state index is 0.121. The molecule has 0 amide bonds. The molecule has 1 aliphatic carbocycles. The molecule has 0 radical (unpaired) electrons. The number of rotatable bonds is 3. The molecular weight excluding hydrogens is 323 g/mol. The number of hydrogen-bond acceptors (Lipinski definition) is 3. The van der Waals surface area contributed by atoms with Gasteiger partial charge in [0, 0.05) is 42.3 Å². The van der Waals surface area contributed by atoms with E-state index in [1.807, 2.05) is 0 Å². The predicted octanol–water partition coefficient (Wildman–Crippen LogP) is 3.04. The van der Waals surface area contributed by atoms with E-state index in [9.17, 15) is 9.50 Å². The van der Waals surface area contributed by atoms with Gasteiger partial charge in [0.1, 0.15) is 0 Å². The first-order chi connectivity index (χ1) is 9.68. The molecule has 1 aromatic rings. The van der Waals surface area contributed by atoms with E-state index in [1.54, 1.807) is 6.07 Å². The lowest BCUT2D eigenvalue weighted by Gasteiger charge is -2.43. The van der Waals surface area contributed by atoms with Crippen molar-refractivity contribution in [1.82, 2.24) is 10.2 Å². The summed E-state index contributed by atoms with van der Waals surface area (Å²) in [4.78, 5) is 2.39. The summed E-state index contributed by atoms with van der Waals surface area (Å²) >= 11 is 3.50. The molecular formula is C15H20BrFN2O. The van der Waals surface area contributed by atoms with E-state index in [2.05, 4.69) is 26.1 Å². The second-order valence-electron chi connectivity index (χ2n) is 5.71. The van der Waals surface area contributed by atoms with Crippen LogP contribution >= 0.6 is 15.9 Å². The number of hydrogen-bond donors (Lipinski definition) is 2. The monoisotopic (exact) mass is 342 g/mol. The van der Waals surface area contributed by atoms with Gasteiger partial charge < -0.3 is 10.4 Å². The summed E-state index contributed by atoms with van der Waals surface area (Å²) in [5, 5.41) is 13.5. The molecule has 2 aliphatic rings. The van der Waals surface area contributed by atoms with Crippen LogP contribution in [0.15, 0.2) is 16.6 Å². The summed E-state index contributed by atoms with van der Waals surface area (Å²) in [6.07, 6.45) is 3.56. The van der Waals surface area contributed by atoms with Gasteiger partial charge >= 0.3 is 0 Å². The molecule has 110 valence electrons. The third kappa shape index (κ3) is 2.59. The van der Waals surface area contributed by atoms with Crippen LogP contribution in [0.4, 0.5) is 4.39 Å². The highest BCUT2D eigenvalue weighted by Crippen LogP contribution is 2.47. The second kappa shape index (κ2) is 6.00. The molecule has 1 aliphatic heterocycles. The van der Waals surface area contributed by atoms with Crippen LogP contribution in [-0.4, -0.2) is 36.2 Å². The lowest BCUT2D eigenvalue weighted by atomic mass is 9.76. The van der Waals surface area contributed by atoms with Crippen molar-refractivity contribution in [3.05, 3.63) is 28.0 Å². The van der Waals surface area contributed by atoms with Crippen LogP contribution < -0.4 is 5.32 Å². The number of halogens is 2. The third-order valence-electron chi connectivity index (χ3n) is 4.55. The Bertz CT molecular complexity index is 487. The SMILES string of the molecule is Oc1c(F)ccc(Br)c1[C@@H](C1CCC1)N1CCNCC1. The maximum atomic E-state index is 13.8. The van der Waals surface area contributed by atoms with Gasteiger partial charge in [-0.25, -0.2) is 4.39 Å². The number of phenolic OH excluding ortho intramolecular Hbond substituents is 1. The minimum atomic E-state index is -0.525. The number of piperazine rings is 1. The van der Waals surface area contributed by atoms with Crippen molar-refractivity contribution >= 4 is 15.9 Å². The minimum Gasteiger partial charge on any atom is -0.505 e. The van der Waals surface area contributed by atoms with Gasteiger partial charge in [-0.2, -0.15) is 0 Å². The molecule has 1 saturated carbocycles. The first kappa shape index (κ1) is 14.3. The van der Waals surface area contributed by atoms with E-state index in [4.69, 9.17) is 0 Å². The number of phenols is 1. The van der Waals surface area contributed by atoms with E-state index in [-0.39, 0.29) is 11.8 Å². The highest BCUT2D eigenvalue weighted by atomic mass is 79.9. The number of nitrogens with zero attached hydrogens (tertiary/aromatic N) is 1. The zero-order chi connectivity index (χ0) is 14.1. The molecule has 0 unspecified atom stereocenters. The molecule has 1 atom stereocenters. The first-order valence-electron chi connectivity index (χ1n) is 7.30. The summed E-state index contributed by atoms with van der Waals surface area (Å²) in [7, 11) is 0. The van der Waals surface area contributed by atoms with Crippen molar-refractivity contribution in [3.63, 3.8) is 0 Å². The molecule has 3 nitrogen and oxygen atoms in total. The molecule has 1 aromatic carbocycles. The van der Waals surface area contributed by atoms with Gasteiger partial charge in [-0.05, 0) is 30.9 Å². The van der Waals surface area contributed by atoms with Crippen LogP contribution in [-0.2, 0) is 0 Å². The van der Waals surface area contributed by atoms with Crippen LogP contribution in [0, 0.1) is 11.7 Å². The van der Waals surface area contributed by atoms with Crippen molar-refractivity contribution in [3.8, 4) is 5.75 Å². The van der Waals surface area contributed by atoms with Gasteiger partial charge in [-0.15, -0.1) is 0 Å². The Labute approximate surface area is 127 Å². The lowest BCUT2D eigenvalue weighted by Crippen LogP contribution is -2.48. The Morgan fingerprint density at radius 3 is 2.60 bits per heavy atom. The van der Waals surface area contributed by atoms with Gasteiger partial charge in [0.15, 0.2) is 11.6 Å². The Morgan fingerprint density at radius 1 is 1.30 bits per heavy atom. The quantitative estimate of drug-likeness (QED) is 0.886. The van der Waals surface area contributed by atoms with E-state index in [0.717, 1.165) is 49.1 Å². The lowest BCUT2D eigenvalue weighted by molar-refractivity contribution is 0.0810. The molecule has 3 rings (SSSR count). The second-order valence-corrected chi connectivity index (χ2v) is 6.57. The molecule has 5 heteroatoms. The normalized spacial score (nSPS) is 22.5. The average molecular weight is 343 g/mol. The molecule has 1 heterocycles. The van der Waals surface area contributed by atoms with E-state index in [0.29, 0.717) is 5.92 Å². The van der Waals surface area contributed by atoms with E-state index >= 15 is 0 Å². The third-order valence-corrected chi connectivity index (χ3v) is 5.24. The van der Waals surface area contributed by atoms with Crippen LogP contribution in [0.25, 0.3) is 0 Å². The smallest absolute Gasteiger partial charge is 0.165 e. The zero-order valence-corrected chi connectivity index (χ0v) is 13.0. The van der Waals surface area contributed by atoms with Crippen molar-refractivity contribution in [2.24, 2.45) is 5.92 Å². The van der Waals surface area contributed by atoms with Gasteiger partial charge in [0.05, 0.1) is 0 Å². The Morgan fingerprint density at radius 2 is 2.00 bits per heavy atom. The Balaban J connectivity index is 1.98. The van der Waals surface area contributed by atoms with Crippen molar-refractivity contribution in [2.45, 2.75) is 25.3 Å². The van der Waals surface area contributed by atoms with Crippen molar-refractivity contribution < 1.29 is 9.50 Å². The number of benzene rings is 1. The summed E-state index contributed by atoms with van der Waals surface area (Å²) in [5.74, 6) is -0.186. The summed E-state index contributed by atoms with van der Waals surface area (Å²) in [6.45, 7) is 3.81. The van der Waals surface area contributed by atoms with Crippen molar-refractivity contribution in [2.75, 3.05) is 26.2 Å². The fourth-order valence-corrected chi connectivity index (χ4v) is 3.82. The largest absolute Gasteiger partial charge is 0.505 e. The Hall–Kier alpha value is -0.650. The number of nitrogens with one attached hydrogen (secondary N) is 1. The molecule has 2 fully saturated rings. The van der Waals surface area contributed by atoms with Crippen LogP contribution in [0.3, 0.4) is 0 Å². The van der Waals surface area contributed by atoms with E-state index < -0.39 is 5.82 Å². The average Bonchev–Trinajstić information content (AvgIpc) is 2.41. The fourth-order valence-electron chi connectivity index (χ4n) is 3.27. The summed E-state index contributed by atoms with van der Waals surface area (Å²) in [5.41, 5.74) is 0.733. The van der Waals surface area contributed by atoms with E-state index in [1.165, 1.54) is 12.5 Å². The summed E-state index contributed by atoms with van der Waals surface area (Å²) in [6, 6.07) is 3.15. The maximum absolute atomic E-state index is 13.8. The standard InChI is InChI=1S/C15H20BrFN2O/c16-11-4-5-12(17)15(20)13(11)14(10-2-1-3-10)19-8-6-18-7-9-19/h4-5,10,14,18,20H,1-3,6-9H2/t14-/m1/s1. The van der Waals surface area contributed by atoms with Gasteiger partial charge in [0.25, 0.3) is 0 Å². The van der Waals surface area contributed by atoms with Gasteiger partial charge in [0.2, 0.25) is 0 Å². The van der Waals surface area contributed by atoms with Gasteiger partial charge in [-0.1, -0.05) is 22.4 Å². The predicted molar refractivity (Wildman–Crippen MR) is 80.3 cm³/mol. The van der Waals surface area contributed by atoms with Gasteiger partial charge in [-0.3, -0.25) is 4.90 Å². The van der Waals surface area contributed by atoms with Crippen molar-refractivity contribution in [1.29, 1.82) is 0 Å². The highest BCUT2D eigenvalue weighted by molar-refractivity contribution is 9.10. The van der Waals surface area contributed by atoms with Crippen LogP contribution in [0.2, 0.25) is 0 Å². The molecule has 1 saturated heterocycles. The Kier molecular flexibility index (Phi) is 4.29. The fraction of sp³-hybridized carbons (Fsp3) is 0.600. The first-order valence-corrected chi connectivity index (χ1v) is 8.09. The number of aromatic hydroxyl groups is 1. The topological polar surface area (TPSA) is 35.5 Å². The maximum Gasteiger partial charge on any atom is 0.165 e. The molecule has 0 aromatic heterocycles. The van der Waals surface area contributed by atoms with Crippen LogP contribution in [0.5, 0.6) is 5.75 Å². The molecule has 2 N–H and O–H groups in total. The molecule has 0 spiro atoms. The molecule has 0 bridgehead atoms. The molecule has 20 heavy (non-hydrogen) atoms.